The number of para-hydroxylation sites is 1. The molecule has 0 saturated heterocycles. The van der Waals surface area contributed by atoms with Crippen LogP contribution >= 0.6 is 0 Å². The van der Waals surface area contributed by atoms with E-state index >= 15 is 0 Å². The molecule has 6 nitrogen and oxygen atoms in total. The molecular formula is C25H31NO5. The molecule has 1 aliphatic heterocycles. The topological polar surface area (TPSA) is 72.9 Å². The summed E-state index contributed by atoms with van der Waals surface area (Å²) in [5.41, 5.74) is -0.0660. The molecule has 0 bridgehead atoms. The lowest BCUT2D eigenvalue weighted by Gasteiger charge is -2.56. The Morgan fingerprint density at radius 2 is 1.97 bits per heavy atom. The molecule has 1 aromatic rings. The summed E-state index contributed by atoms with van der Waals surface area (Å²) >= 11 is 0. The molecule has 1 fully saturated rings. The lowest BCUT2D eigenvalue weighted by Crippen LogP contribution is -2.61. The molecule has 3 rings (SSSR count). The summed E-state index contributed by atoms with van der Waals surface area (Å²) in [6, 6.07) is 7.13. The maximum atomic E-state index is 13.4. The molecule has 1 heterocycles. The lowest BCUT2D eigenvalue weighted by atomic mass is 9.55. The van der Waals surface area contributed by atoms with Gasteiger partial charge in [-0.25, -0.2) is 4.79 Å². The number of allylic oxidation sites excluding steroid dienone is 1. The monoisotopic (exact) mass is 425 g/mol. The summed E-state index contributed by atoms with van der Waals surface area (Å²) in [6.07, 6.45) is 3.49. The SMILES string of the molecule is C=C[C@@]1(C=O)CC[C@@H]2N(C(=O)OC(C)(C)C)c3ccccc3C(=C)[C@]2(COC(C)=O)C1. The standard InChI is InChI=1S/C25H31NO5/c1-7-24(15-27)13-12-21-25(14-24,16-30-18(3)28)17(2)19-10-8-9-11-20(19)26(21)22(29)31-23(4,5)6/h7-11,15,21H,1-2,12-14,16H2,3-6H3/t21-,24+,25+/m0/s1. The van der Waals surface area contributed by atoms with Gasteiger partial charge in [-0.05, 0) is 51.7 Å². The Kier molecular flexibility index (Phi) is 5.87. The van der Waals surface area contributed by atoms with Gasteiger partial charge in [-0.15, -0.1) is 6.58 Å². The van der Waals surface area contributed by atoms with Gasteiger partial charge in [0.2, 0.25) is 0 Å². The molecule has 1 aromatic carbocycles. The Hall–Kier alpha value is -2.89. The van der Waals surface area contributed by atoms with Crippen molar-refractivity contribution in [2.24, 2.45) is 10.8 Å². The number of amides is 1. The van der Waals surface area contributed by atoms with Crippen molar-refractivity contribution in [3.8, 4) is 0 Å². The second-order valence-corrected chi connectivity index (χ2v) is 9.57. The van der Waals surface area contributed by atoms with Crippen LogP contribution in [0.25, 0.3) is 5.57 Å². The van der Waals surface area contributed by atoms with Crippen LogP contribution in [0, 0.1) is 10.8 Å². The first-order valence-electron chi connectivity index (χ1n) is 10.5. The van der Waals surface area contributed by atoms with E-state index in [2.05, 4.69) is 13.2 Å². The van der Waals surface area contributed by atoms with Crippen molar-refractivity contribution in [2.75, 3.05) is 11.5 Å². The number of aldehydes is 1. The second-order valence-electron chi connectivity index (χ2n) is 9.57. The van der Waals surface area contributed by atoms with Gasteiger partial charge in [0, 0.05) is 17.9 Å². The molecule has 6 heteroatoms. The third kappa shape index (κ3) is 4.03. The number of nitrogens with zero attached hydrogens (tertiary/aromatic N) is 1. The fourth-order valence-corrected chi connectivity index (χ4v) is 4.86. The minimum Gasteiger partial charge on any atom is -0.465 e. The molecule has 166 valence electrons. The number of carbonyl (C=O) groups excluding carboxylic acids is 3. The van der Waals surface area contributed by atoms with E-state index in [9.17, 15) is 14.4 Å². The van der Waals surface area contributed by atoms with Gasteiger partial charge in [-0.2, -0.15) is 0 Å². The average molecular weight is 426 g/mol. The molecule has 1 saturated carbocycles. The molecule has 1 amide bonds. The first kappa shape index (κ1) is 22.8. The van der Waals surface area contributed by atoms with Crippen LogP contribution in [0.2, 0.25) is 0 Å². The van der Waals surface area contributed by atoms with Gasteiger partial charge in [-0.1, -0.05) is 30.9 Å². The average Bonchev–Trinajstić information content (AvgIpc) is 2.71. The molecule has 2 aliphatic rings. The Labute approximate surface area is 183 Å². The van der Waals surface area contributed by atoms with Gasteiger partial charge in [0.1, 0.15) is 18.5 Å². The number of carbonyl (C=O) groups is 3. The van der Waals surface area contributed by atoms with Crippen molar-refractivity contribution < 1.29 is 23.9 Å². The molecule has 3 atom stereocenters. The molecule has 0 unspecified atom stereocenters. The fourth-order valence-electron chi connectivity index (χ4n) is 4.86. The molecule has 0 spiro atoms. The van der Waals surface area contributed by atoms with E-state index in [4.69, 9.17) is 9.47 Å². The van der Waals surface area contributed by atoms with Crippen LogP contribution in [-0.2, 0) is 19.1 Å². The van der Waals surface area contributed by atoms with Crippen molar-refractivity contribution >= 4 is 29.6 Å². The Balaban J connectivity index is 2.20. The van der Waals surface area contributed by atoms with Crippen LogP contribution in [-0.4, -0.2) is 36.6 Å². The van der Waals surface area contributed by atoms with Gasteiger partial charge in [0.25, 0.3) is 0 Å². The fraction of sp³-hybridized carbons (Fsp3) is 0.480. The number of rotatable bonds is 4. The van der Waals surface area contributed by atoms with Gasteiger partial charge in [0.05, 0.1) is 17.1 Å². The van der Waals surface area contributed by atoms with Crippen molar-refractivity contribution in [3.05, 3.63) is 49.1 Å². The van der Waals surface area contributed by atoms with Gasteiger partial charge in [-0.3, -0.25) is 9.69 Å². The Morgan fingerprint density at radius 3 is 2.55 bits per heavy atom. The van der Waals surface area contributed by atoms with Gasteiger partial charge in [0.15, 0.2) is 0 Å². The van der Waals surface area contributed by atoms with E-state index < -0.39 is 28.5 Å². The number of hydrogen-bond donors (Lipinski definition) is 0. The first-order valence-corrected chi connectivity index (χ1v) is 10.5. The summed E-state index contributed by atoms with van der Waals surface area (Å²) in [4.78, 5) is 38.9. The highest BCUT2D eigenvalue weighted by atomic mass is 16.6. The van der Waals surface area contributed by atoms with Crippen molar-refractivity contribution in [2.45, 2.75) is 58.6 Å². The highest BCUT2D eigenvalue weighted by molar-refractivity contribution is 5.97. The van der Waals surface area contributed by atoms with Crippen molar-refractivity contribution in [1.29, 1.82) is 0 Å². The van der Waals surface area contributed by atoms with Crippen LogP contribution in [0.5, 0.6) is 0 Å². The molecule has 0 aromatic heterocycles. The summed E-state index contributed by atoms with van der Waals surface area (Å²) < 4.78 is 11.3. The third-order valence-corrected chi connectivity index (χ3v) is 6.33. The molecule has 31 heavy (non-hydrogen) atoms. The number of anilines is 1. The van der Waals surface area contributed by atoms with Crippen LogP contribution in [0.3, 0.4) is 0 Å². The minimum absolute atomic E-state index is 0.0168. The number of fused-ring (bicyclic) bond motifs is 2. The lowest BCUT2D eigenvalue weighted by molar-refractivity contribution is -0.145. The van der Waals surface area contributed by atoms with Crippen LogP contribution in [0.4, 0.5) is 10.5 Å². The number of ether oxygens (including phenoxy) is 2. The molecular weight excluding hydrogens is 394 g/mol. The van der Waals surface area contributed by atoms with Crippen LogP contribution < -0.4 is 4.90 Å². The Morgan fingerprint density at radius 1 is 1.29 bits per heavy atom. The maximum Gasteiger partial charge on any atom is 0.415 e. The summed E-state index contributed by atoms with van der Waals surface area (Å²) in [5, 5.41) is 0. The predicted molar refractivity (Wildman–Crippen MR) is 120 cm³/mol. The van der Waals surface area contributed by atoms with Crippen molar-refractivity contribution in [1.82, 2.24) is 0 Å². The van der Waals surface area contributed by atoms with E-state index in [1.165, 1.54) is 6.92 Å². The van der Waals surface area contributed by atoms with E-state index in [0.29, 0.717) is 24.9 Å². The van der Waals surface area contributed by atoms with Gasteiger partial charge >= 0.3 is 12.1 Å². The highest BCUT2D eigenvalue weighted by Crippen LogP contribution is 2.59. The zero-order valence-corrected chi connectivity index (χ0v) is 18.8. The number of hydrogen-bond acceptors (Lipinski definition) is 5. The van der Waals surface area contributed by atoms with Crippen LogP contribution in [0.15, 0.2) is 43.5 Å². The molecule has 1 aliphatic carbocycles. The van der Waals surface area contributed by atoms with E-state index in [1.807, 2.05) is 45.0 Å². The Bertz CT molecular complexity index is 920. The molecule has 0 radical (unpaired) electrons. The normalized spacial score (nSPS) is 27.5. The summed E-state index contributed by atoms with van der Waals surface area (Å²) in [5.74, 6) is -0.426. The quantitative estimate of drug-likeness (QED) is 0.389. The second kappa shape index (κ2) is 7.98. The summed E-state index contributed by atoms with van der Waals surface area (Å²) in [6.45, 7) is 15.1. The van der Waals surface area contributed by atoms with E-state index in [1.54, 1.807) is 11.0 Å². The van der Waals surface area contributed by atoms with Crippen LogP contribution in [0.1, 0.15) is 52.5 Å². The zero-order chi connectivity index (χ0) is 23.0. The minimum atomic E-state index is -0.843. The molecule has 0 N–H and O–H groups in total. The number of benzene rings is 1. The maximum absolute atomic E-state index is 13.4. The summed E-state index contributed by atoms with van der Waals surface area (Å²) in [7, 11) is 0. The van der Waals surface area contributed by atoms with Crippen molar-refractivity contribution in [3.63, 3.8) is 0 Å². The largest absolute Gasteiger partial charge is 0.465 e. The smallest absolute Gasteiger partial charge is 0.415 e. The van der Waals surface area contributed by atoms with Gasteiger partial charge < -0.3 is 14.3 Å². The van der Waals surface area contributed by atoms with E-state index in [-0.39, 0.29) is 12.6 Å². The highest BCUT2D eigenvalue weighted by Gasteiger charge is 2.58. The van der Waals surface area contributed by atoms with E-state index in [0.717, 1.165) is 17.4 Å². The number of esters is 1. The third-order valence-electron chi connectivity index (χ3n) is 6.33. The zero-order valence-electron chi connectivity index (χ0n) is 18.8. The predicted octanol–water partition coefficient (Wildman–Crippen LogP) is 4.93. The first-order chi connectivity index (χ1) is 14.5.